The van der Waals surface area contributed by atoms with E-state index in [1.165, 1.54) is 19.3 Å². The second-order valence-electron chi connectivity index (χ2n) is 6.62. The molecule has 1 aliphatic carbocycles. The van der Waals surface area contributed by atoms with Gasteiger partial charge in [0.15, 0.2) is 5.82 Å². The van der Waals surface area contributed by atoms with Crippen LogP contribution < -0.4 is 5.32 Å². The number of imidazole rings is 1. The molecular formula is C19H19N5O. The Kier molecular flexibility index (Phi) is 3.00. The van der Waals surface area contributed by atoms with Gasteiger partial charge in [0.1, 0.15) is 22.8 Å². The van der Waals surface area contributed by atoms with E-state index in [0.29, 0.717) is 5.92 Å². The first-order valence-corrected chi connectivity index (χ1v) is 8.62. The van der Waals surface area contributed by atoms with Gasteiger partial charge in [-0.2, -0.15) is 0 Å². The first-order chi connectivity index (χ1) is 12.3. The van der Waals surface area contributed by atoms with E-state index in [9.17, 15) is 5.11 Å². The number of hydrogen-bond donors (Lipinski definition) is 3. The Bertz CT molecular complexity index is 1090. The average molecular weight is 333 g/mol. The van der Waals surface area contributed by atoms with Crippen molar-refractivity contribution in [3.05, 3.63) is 42.5 Å². The van der Waals surface area contributed by atoms with Crippen LogP contribution in [0.2, 0.25) is 0 Å². The van der Waals surface area contributed by atoms with Gasteiger partial charge >= 0.3 is 0 Å². The second kappa shape index (κ2) is 5.24. The molecule has 126 valence electrons. The van der Waals surface area contributed by atoms with Crippen molar-refractivity contribution in [2.45, 2.75) is 25.2 Å². The number of benzene rings is 1. The zero-order chi connectivity index (χ0) is 17.0. The van der Waals surface area contributed by atoms with Crippen LogP contribution in [0.1, 0.15) is 31.0 Å². The van der Waals surface area contributed by atoms with Gasteiger partial charge in [0.25, 0.3) is 0 Å². The summed E-state index contributed by atoms with van der Waals surface area (Å²) in [5, 5.41) is 14.3. The molecule has 1 fully saturated rings. The maximum absolute atomic E-state index is 10.1. The maximum Gasteiger partial charge on any atom is 0.152 e. The third kappa shape index (κ3) is 2.03. The molecule has 6 nitrogen and oxygen atoms in total. The Morgan fingerprint density at radius 2 is 2.20 bits per heavy atom. The number of anilines is 1. The molecule has 0 spiro atoms. The number of phenols is 1. The van der Waals surface area contributed by atoms with E-state index in [1.807, 2.05) is 37.6 Å². The summed E-state index contributed by atoms with van der Waals surface area (Å²) >= 11 is 0. The lowest BCUT2D eigenvalue weighted by Crippen LogP contribution is -2.12. The molecule has 3 aromatic heterocycles. The van der Waals surface area contributed by atoms with E-state index >= 15 is 0 Å². The van der Waals surface area contributed by atoms with Gasteiger partial charge in [-0.05, 0) is 25.0 Å². The predicted octanol–water partition coefficient (Wildman–Crippen LogP) is 3.89. The number of H-pyrrole nitrogens is 1. The van der Waals surface area contributed by atoms with Crippen LogP contribution in [0.5, 0.6) is 5.75 Å². The quantitative estimate of drug-likeness (QED) is 0.531. The summed E-state index contributed by atoms with van der Waals surface area (Å²) in [5.41, 5.74) is 3.47. The first-order valence-electron chi connectivity index (χ1n) is 8.62. The van der Waals surface area contributed by atoms with Crippen molar-refractivity contribution in [3.8, 4) is 17.1 Å². The molecule has 1 aromatic carbocycles. The van der Waals surface area contributed by atoms with Gasteiger partial charge in [-0.25, -0.2) is 9.97 Å². The number of nitrogens with zero attached hydrogens (tertiary/aromatic N) is 3. The number of para-hydroxylation sites is 1. The van der Waals surface area contributed by atoms with E-state index in [-0.39, 0.29) is 5.75 Å². The highest BCUT2D eigenvalue weighted by Crippen LogP contribution is 2.40. The maximum atomic E-state index is 10.1. The van der Waals surface area contributed by atoms with E-state index in [1.54, 1.807) is 6.07 Å². The highest BCUT2D eigenvalue weighted by atomic mass is 16.3. The number of nitrogens with one attached hydrogen (secondary N) is 2. The molecule has 0 aliphatic heterocycles. The lowest BCUT2D eigenvalue weighted by atomic mass is 9.85. The van der Waals surface area contributed by atoms with Crippen LogP contribution >= 0.6 is 0 Å². The van der Waals surface area contributed by atoms with E-state index in [0.717, 1.165) is 39.4 Å². The van der Waals surface area contributed by atoms with E-state index < -0.39 is 0 Å². The van der Waals surface area contributed by atoms with Crippen LogP contribution in [0.4, 0.5) is 5.82 Å². The zero-order valence-electron chi connectivity index (χ0n) is 14.0. The fraction of sp³-hybridized carbons (Fsp3) is 0.263. The van der Waals surface area contributed by atoms with Crippen LogP contribution in [0, 0.1) is 0 Å². The molecule has 0 radical (unpaired) electrons. The Morgan fingerprint density at radius 1 is 1.32 bits per heavy atom. The van der Waals surface area contributed by atoms with Crippen molar-refractivity contribution in [2.75, 3.05) is 12.4 Å². The smallest absolute Gasteiger partial charge is 0.152 e. The Hall–Kier alpha value is -3.02. The lowest BCUT2D eigenvalue weighted by molar-refractivity contribution is 0.400. The van der Waals surface area contributed by atoms with Gasteiger partial charge < -0.3 is 15.4 Å². The van der Waals surface area contributed by atoms with Crippen molar-refractivity contribution in [1.29, 1.82) is 0 Å². The summed E-state index contributed by atoms with van der Waals surface area (Å²) in [5.74, 6) is 2.65. The average Bonchev–Trinajstić information content (AvgIpc) is 3.16. The second-order valence-corrected chi connectivity index (χ2v) is 6.62. The van der Waals surface area contributed by atoms with Gasteiger partial charge in [-0.1, -0.05) is 18.6 Å². The number of hydrogen-bond acceptors (Lipinski definition) is 4. The normalized spacial score (nSPS) is 14.9. The van der Waals surface area contributed by atoms with Crippen LogP contribution in [-0.4, -0.2) is 31.5 Å². The van der Waals surface area contributed by atoms with Crippen molar-refractivity contribution in [2.24, 2.45) is 0 Å². The van der Waals surface area contributed by atoms with Gasteiger partial charge in [0, 0.05) is 30.7 Å². The molecule has 0 saturated heterocycles. The minimum absolute atomic E-state index is 0.249. The highest BCUT2D eigenvalue weighted by Gasteiger charge is 2.27. The van der Waals surface area contributed by atoms with E-state index in [2.05, 4.69) is 19.7 Å². The van der Waals surface area contributed by atoms with Crippen molar-refractivity contribution in [1.82, 2.24) is 19.4 Å². The van der Waals surface area contributed by atoms with Gasteiger partial charge in [0.05, 0.1) is 11.2 Å². The molecule has 1 saturated carbocycles. The van der Waals surface area contributed by atoms with Crippen LogP contribution in [0.25, 0.3) is 27.8 Å². The molecule has 1 aliphatic rings. The Labute approximate surface area is 144 Å². The topological polar surface area (TPSA) is 78.2 Å². The molecular weight excluding hydrogens is 314 g/mol. The predicted molar refractivity (Wildman–Crippen MR) is 98.1 cm³/mol. The SMILES string of the molecule is CNc1nccn2c(C3CCC3)nc(-c3cc4cccc(O)c4[nH]3)c12. The molecule has 0 atom stereocenters. The molecule has 0 unspecified atom stereocenters. The molecule has 3 heterocycles. The third-order valence-electron chi connectivity index (χ3n) is 5.18. The van der Waals surface area contributed by atoms with E-state index in [4.69, 9.17) is 4.98 Å². The van der Waals surface area contributed by atoms with Crippen molar-refractivity contribution in [3.63, 3.8) is 0 Å². The molecule has 5 rings (SSSR count). The molecule has 3 N–H and O–H groups in total. The Balaban J connectivity index is 1.80. The Morgan fingerprint density at radius 3 is 2.92 bits per heavy atom. The van der Waals surface area contributed by atoms with Crippen LogP contribution in [-0.2, 0) is 0 Å². The monoisotopic (exact) mass is 333 g/mol. The first kappa shape index (κ1) is 14.3. The molecule has 0 bridgehead atoms. The van der Waals surface area contributed by atoms with Crippen molar-refractivity contribution < 1.29 is 5.11 Å². The number of fused-ring (bicyclic) bond motifs is 2. The number of rotatable bonds is 3. The summed E-state index contributed by atoms with van der Waals surface area (Å²) in [4.78, 5) is 12.8. The minimum Gasteiger partial charge on any atom is -0.506 e. The molecule has 25 heavy (non-hydrogen) atoms. The fourth-order valence-corrected chi connectivity index (χ4v) is 3.66. The fourth-order valence-electron chi connectivity index (χ4n) is 3.66. The molecule has 4 aromatic rings. The summed E-state index contributed by atoms with van der Waals surface area (Å²) in [6.07, 6.45) is 7.43. The summed E-state index contributed by atoms with van der Waals surface area (Å²) in [6.45, 7) is 0. The summed E-state index contributed by atoms with van der Waals surface area (Å²) < 4.78 is 2.16. The molecule has 6 heteroatoms. The van der Waals surface area contributed by atoms with Crippen LogP contribution in [0.15, 0.2) is 36.7 Å². The van der Waals surface area contributed by atoms with Gasteiger partial charge in [0.2, 0.25) is 0 Å². The summed E-state index contributed by atoms with van der Waals surface area (Å²) in [7, 11) is 1.87. The number of phenolic OH excluding ortho intramolecular Hbond substituents is 1. The number of aromatic hydroxyl groups is 1. The largest absolute Gasteiger partial charge is 0.506 e. The zero-order valence-corrected chi connectivity index (χ0v) is 14.0. The van der Waals surface area contributed by atoms with Gasteiger partial charge in [-0.3, -0.25) is 4.40 Å². The van der Waals surface area contributed by atoms with Gasteiger partial charge in [-0.15, -0.1) is 0 Å². The lowest BCUT2D eigenvalue weighted by Gasteiger charge is -2.23. The minimum atomic E-state index is 0.249. The third-order valence-corrected chi connectivity index (χ3v) is 5.18. The summed E-state index contributed by atoms with van der Waals surface area (Å²) in [6, 6.07) is 7.56. The number of aromatic nitrogens is 4. The van der Waals surface area contributed by atoms with Crippen molar-refractivity contribution >= 4 is 22.2 Å². The highest BCUT2D eigenvalue weighted by molar-refractivity contribution is 5.94. The molecule has 0 amide bonds. The van der Waals surface area contributed by atoms with Crippen LogP contribution in [0.3, 0.4) is 0 Å². The number of aromatic amines is 1. The standard InChI is InChI=1S/C19H19N5O/c1-20-18-17-16(13-10-12-6-3-7-14(25)15(12)22-13)23-19(11-4-2-5-11)24(17)9-8-21-18/h3,6-11,22,25H,2,4-5H2,1H3,(H,20,21).